The van der Waals surface area contributed by atoms with Crippen LogP contribution in [0.4, 0.5) is 4.39 Å². The van der Waals surface area contributed by atoms with Gasteiger partial charge in [0, 0.05) is 0 Å². The zero-order valence-corrected chi connectivity index (χ0v) is 18.9. The first-order valence-electron chi connectivity index (χ1n) is 10.4. The Morgan fingerprint density at radius 1 is 1.15 bits per heavy atom. The van der Waals surface area contributed by atoms with Crippen LogP contribution in [0.3, 0.4) is 0 Å². The summed E-state index contributed by atoms with van der Waals surface area (Å²) in [5, 5.41) is 10.1. The van der Waals surface area contributed by atoms with Crippen LogP contribution in [-0.2, 0) is 6.61 Å². The maximum atomic E-state index is 13.5. The highest BCUT2D eigenvalue weighted by molar-refractivity contribution is 6.32. The lowest BCUT2D eigenvalue weighted by atomic mass is 10.1. The largest absolute Gasteiger partial charge is 0.490 e. The fourth-order valence-electron chi connectivity index (χ4n) is 3.34. The third-order valence-electron chi connectivity index (χ3n) is 4.97. The zero-order valence-electron chi connectivity index (χ0n) is 18.2. The number of nitriles is 1. The number of hydrogen-bond donors (Lipinski definition) is 1. The lowest BCUT2D eigenvalue weighted by molar-refractivity contribution is 0.269. The Bertz CT molecular complexity index is 1370. The summed E-state index contributed by atoms with van der Waals surface area (Å²) in [4.78, 5) is 7.37. The number of H-pyrrole nitrogens is 1. The first-order valence-corrected chi connectivity index (χ1v) is 10.8. The lowest BCUT2D eigenvalue weighted by Gasteiger charge is -2.15. The molecule has 0 unspecified atom stereocenters. The van der Waals surface area contributed by atoms with Crippen LogP contribution in [0.25, 0.3) is 22.7 Å². The Kier molecular flexibility index (Phi) is 6.62. The third kappa shape index (κ3) is 5.16. The van der Waals surface area contributed by atoms with E-state index in [4.69, 9.17) is 21.1 Å². The van der Waals surface area contributed by atoms with Gasteiger partial charge in [0.25, 0.3) is 0 Å². The molecule has 0 saturated heterocycles. The molecule has 0 aliphatic heterocycles. The molecule has 0 bridgehead atoms. The van der Waals surface area contributed by atoms with Crippen molar-refractivity contribution in [2.75, 3.05) is 6.61 Å². The van der Waals surface area contributed by atoms with Gasteiger partial charge in [0.2, 0.25) is 0 Å². The maximum absolute atomic E-state index is 13.5. The molecule has 1 heterocycles. The van der Waals surface area contributed by atoms with Gasteiger partial charge >= 0.3 is 0 Å². The van der Waals surface area contributed by atoms with Crippen molar-refractivity contribution >= 4 is 34.3 Å². The van der Waals surface area contributed by atoms with E-state index in [9.17, 15) is 9.65 Å². The molecule has 0 aliphatic carbocycles. The number of aromatic nitrogens is 2. The molecule has 33 heavy (non-hydrogen) atoms. The highest BCUT2D eigenvalue weighted by atomic mass is 35.5. The van der Waals surface area contributed by atoms with Crippen molar-refractivity contribution < 1.29 is 13.9 Å². The van der Waals surface area contributed by atoms with Crippen molar-refractivity contribution in [1.29, 1.82) is 5.26 Å². The summed E-state index contributed by atoms with van der Waals surface area (Å²) in [6.07, 6.45) is 1.65. The Labute approximate surface area is 196 Å². The molecule has 0 amide bonds. The van der Waals surface area contributed by atoms with Crippen LogP contribution in [0.2, 0.25) is 5.02 Å². The number of rotatable bonds is 7. The summed E-state index contributed by atoms with van der Waals surface area (Å²) in [6.45, 7) is 4.66. The van der Waals surface area contributed by atoms with Crippen LogP contribution in [0, 0.1) is 24.1 Å². The summed E-state index contributed by atoms with van der Waals surface area (Å²) in [7, 11) is 0. The number of benzene rings is 3. The van der Waals surface area contributed by atoms with E-state index >= 15 is 0 Å². The highest BCUT2D eigenvalue weighted by Crippen LogP contribution is 2.38. The SMILES string of the molecule is CCOc1cc(/C=C(/C#N)c2nc3ccc(F)cc3[nH]2)cc(Cl)c1OCc1ccc(C)cc1. The first-order chi connectivity index (χ1) is 16.0. The summed E-state index contributed by atoms with van der Waals surface area (Å²) < 4.78 is 25.2. The van der Waals surface area contributed by atoms with Crippen LogP contribution in [0.1, 0.15) is 29.4 Å². The standard InChI is InChI=1S/C26H21ClFN3O2/c1-3-32-24-12-18(11-21(27)25(24)33-15-17-6-4-16(2)5-7-17)10-19(14-29)26-30-22-9-8-20(28)13-23(22)31-26/h4-13H,3,15H2,1-2H3,(H,30,31)/b19-10-. The Balaban J connectivity index is 1.65. The van der Waals surface area contributed by atoms with Gasteiger partial charge in [-0.25, -0.2) is 9.37 Å². The number of nitrogens with one attached hydrogen (secondary N) is 1. The summed E-state index contributed by atoms with van der Waals surface area (Å²) in [6, 6.07) is 17.9. The average Bonchev–Trinajstić information content (AvgIpc) is 3.21. The molecule has 1 aromatic heterocycles. The number of allylic oxidation sites excluding steroid dienone is 1. The molecule has 0 fully saturated rings. The van der Waals surface area contributed by atoms with Gasteiger partial charge in [0.1, 0.15) is 24.3 Å². The molecule has 0 aliphatic rings. The Morgan fingerprint density at radius 2 is 1.94 bits per heavy atom. The van der Waals surface area contributed by atoms with E-state index in [2.05, 4.69) is 16.0 Å². The van der Waals surface area contributed by atoms with Crippen molar-refractivity contribution in [2.45, 2.75) is 20.5 Å². The van der Waals surface area contributed by atoms with E-state index < -0.39 is 0 Å². The number of nitrogens with zero attached hydrogens (tertiary/aromatic N) is 2. The molecular formula is C26H21ClFN3O2. The molecule has 1 N–H and O–H groups in total. The van der Waals surface area contributed by atoms with Crippen molar-refractivity contribution in [3.05, 3.63) is 88.0 Å². The zero-order chi connectivity index (χ0) is 23.4. The number of aromatic amines is 1. The van der Waals surface area contributed by atoms with Gasteiger partial charge in [-0.2, -0.15) is 5.26 Å². The number of halogens is 2. The van der Waals surface area contributed by atoms with Gasteiger partial charge in [-0.1, -0.05) is 41.4 Å². The van der Waals surface area contributed by atoms with Crippen molar-refractivity contribution in [3.8, 4) is 17.6 Å². The monoisotopic (exact) mass is 461 g/mol. The summed E-state index contributed by atoms with van der Waals surface area (Å²) >= 11 is 6.53. The molecule has 0 radical (unpaired) electrons. The predicted octanol–water partition coefficient (Wildman–Crippen LogP) is 6.71. The number of aryl methyl sites for hydroxylation is 1. The fourth-order valence-corrected chi connectivity index (χ4v) is 3.62. The van der Waals surface area contributed by atoms with E-state index in [1.807, 2.05) is 38.1 Å². The smallest absolute Gasteiger partial charge is 0.180 e. The van der Waals surface area contributed by atoms with Gasteiger partial charge in [-0.15, -0.1) is 0 Å². The number of fused-ring (bicyclic) bond motifs is 1. The summed E-state index contributed by atoms with van der Waals surface area (Å²) in [5.74, 6) is 0.878. The molecule has 7 heteroatoms. The van der Waals surface area contributed by atoms with Gasteiger partial charge in [-0.05, 0) is 61.4 Å². The van der Waals surface area contributed by atoms with E-state index in [1.165, 1.54) is 17.7 Å². The minimum Gasteiger partial charge on any atom is -0.490 e. The van der Waals surface area contributed by atoms with Crippen LogP contribution in [-0.4, -0.2) is 16.6 Å². The minimum atomic E-state index is -0.380. The fraction of sp³-hybridized carbons (Fsp3) is 0.154. The van der Waals surface area contributed by atoms with E-state index in [-0.39, 0.29) is 11.4 Å². The van der Waals surface area contributed by atoms with Gasteiger partial charge in [0.15, 0.2) is 11.5 Å². The van der Waals surface area contributed by atoms with Gasteiger partial charge < -0.3 is 14.5 Å². The number of imidazole rings is 1. The molecular weight excluding hydrogens is 441 g/mol. The van der Waals surface area contributed by atoms with Crippen LogP contribution in [0.5, 0.6) is 11.5 Å². The van der Waals surface area contributed by atoms with Crippen molar-refractivity contribution in [3.63, 3.8) is 0 Å². The average molecular weight is 462 g/mol. The second-order valence-electron chi connectivity index (χ2n) is 7.45. The normalized spacial score (nSPS) is 11.4. The predicted molar refractivity (Wildman–Crippen MR) is 128 cm³/mol. The van der Waals surface area contributed by atoms with Crippen LogP contribution in [0.15, 0.2) is 54.6 Å². The quantitative estimate of drug-likeness (QED) is 0.310. The maximum Gasteiger partial charge on any atom is 0.180 e. The molecule has 5 nitrogen and oxygen atoms in total. The molecule has 0 atom stereocenters. The van der Waals surface area contributed by atoms with Crippen LogP contribution < -0.4 is 9.47 Å². The molecule has 4 aromatic rings. The second-order valence-corrected chi connectivity index (χ2v) is 7.86. The minimum absolute atomic E-state index is 0.276. The molecule has 4 rings (SSSR count). The molecule has 3 aromatic carbocycles. The van der Waals surface area contributed by atoms with Gasteiger partial charge in [0.05, 0.1) is 28.2 Å². The van der Waals surface area contributed by atoms with Crippen LogP contribution >= 0.6 is 11.6 Å². The topological polar surface area (TPSA) is 70.9 Å². The third-order valence-corrected chi connectivity index (χ3v) is 5.25. The molecule has 0 saturated carbocycles. The first kappa shape index (κ1) is 22.4. The lowest BCUT2D eigenvalue weighted by Crippen LogP contribution is -2.01. The van der Waals surface area contributed by atoms with E-state index in [0.29, 0.717) is 52.2 Å². The summed E-state index contributed by atoms with van der Waals surface area (Å²) in [5.41, 5.74) is 4.19. The van der Waals surface area contributed by atoms with E-state index in [1.54, 1.807) is 24.3 Å². The molecule has 166 valence electrons. The Hall–Kier alpha value is -3.82. The molecule has 0 spiro atoms. The van der Waals surface area contributed by atoms with Crippen molar-refractivity contribution in [1.82, 2.24) is 9.97 Å². The van der Waals surface area contributed by atoms with E-state index in [0.717, 1.165) is 5.56 Å². The highest BCUT2D eigenvalue weighted by Gasteiger charge is 2.14. The second kappa shape index (κ2) is 9.76. The van der Waals surface area contributed by atoms with Crippen molar-refractivity contribution in [2.24, 2.45) is 0 Å². The number of ether oxygens (including phenoxy) is 2. The number of hydrogen-bond acceptors (Lipinski definition) is 4. The van der Waals surface area contributed by atoms with Gasteiger partial charge in [-0.3, -0.25) is 0 Å². The Morgan fingerprint density at radius 3 is 2.67 bits per heavy atom.